The van der Waals surface area contributed by atoms with Gasteiger partial charge in [0.1, 0.15) is 0 Å². The predicted octanol–water partition coefficient (Wildman–Crippen LogP) is 2.21. The third kappa shape index (κ3) is 1.64. The Morgan fingerprint density at radius 2 is 2.07 bits per heavy atom. The van der Waals surface area contributed by atoms with Crippen LogP contribution >= 0.6 is 0 Å². The van der Waals surface area contributed by atoms with Crippen LogP contribution in [0.15, 0.2) is 36.4 Å². The first-order chi connectivity index (χ1) is 7.22. The zero-order valence-electron chi connectivity index (χ0n) is 8.36. The van der Waals surface area contributed by atoms with Crippen molar-refractivity contribution in [2.24, 2.45) is 0 Å². The van der Waals surface area contributed by atoms with Gasteiger partial charge in [0.15, 0.2) is 0 Å². The summed E-state index contributed by atoms with van der Waals surface area (Å²) in [7, 11) is 1.36. The molecule has 2 N–H and O–H groups in total. The van der Waals surface area contributed by atoms with Crippen molar-refractivity contribution in [1.29, 1.82) is 0 Å². The molecule has 0 unspecified atom stereocenters. The summed E-state index contributed by atoms with van der Waals surface area (Å²) < 4.78 is 4.65. The van der Waals surface area contributed by atoms with Crippen LogP contribution in [0.2, 0.25) is 0 Å². The molecular weight excluding hydrogens is 190 g/mol. The van der Waals surface area contributed by atoms with Gasteiger partial charge >= 0.3 is 5.97 Å². The first-order valence-corrected chi connectivity index (χ1v) is 4.59. The van der Waals surface area contributed by atoms with Crippen LogP contribution in [0, 0.1) is 0 Å². The number of ether oxygens (including phenoxy) is 1. The van der Waals surface area contributed by atoms with E-state index in [1.807, 2.05) is 24.3 Å². The van der Waals surface area contributed by atoms with Crippen molar-refractivity contribution < 1.29 is 9.53 Å². The predicted molar refractivity (Wildman–Crippen MR) is 59.7 cm³/mol. The van der Waals surface area contributed by atoms with E-state index in [0.29, 0.717) is 11.3 Å². The number of carbonyl (C=O) groups is 1. The van der Waals surface area contributed by atoms with Crippen LogP contribution in [0.1, 0.15) is 10.4 Å². The molecule has 3 nitrogen and oxygen atoms in total. The minimum absolute atomic E-state index is 0.347. The number of hydrogen-bond donors (Lipinski definition) is 1. The van der Waals surface area contributed by atoms with Crippen molar-refractivity contribution in [3.63, 3.8) is 0 Å². The van der Waals surface area contributed by atoms with Gasteiger partial charge in [0.05, 0.1) is 12.7 Å². The molecular formula is C12H11NO2. The maximum Gasteiger partial charge on any atom is 0.337 e. The molecule has 0 atom stereocenters. The molecule has 2 aromatic rings. The minimum atomic E-state index is -0.347. The summed E-state index contributed by atoms with van der Waals surface area (Å²) in [5, 5.41) is 1.89. The Labute approximate surface area is 87.5 Å². The van der Waals surface area contributed by atoms with Crippen LogP contribution in [0.3, 0.4) is 0 Å². The highest BCUT2D eigenvalue weighted by Gasteiger charge is 2.06. The molecule has 0 aromatic heterocycles. The van der Waals surface area contributed by atoms with Gasteiger partial charge < -0.3 is 10.5 Å². The lowest BCUT2D eigenvalue weighted by molar-refractivity contribution is 0.0601. The van der Waals surface area contributed by atoms with Crippen LogP contribution < -0.4 is 5.73 Å². The van der Waals surface area contributed by atoms with Gasteiger partial charge in [-0.25, -0.2) is 4.79 Å². The van der Waals surface area contributed by atoms with Crippen molar-refractivity contribution in [2.75, 3.05) is 12.8 Å². The van der Waals surface area contributed by atoms with Crippen molar-refractivity contribution in [2.45, 2.75) is 0 Å². The number of nitrogens with two attached hydrogens (primary N) is 1. The van der Waals surface area contributed by atoms with Crippen LogP contribution in [-0.2, 0) is 4.74 Å². The van der Waals surface area contributed by atoms with Gasteiger partial charge in [-0.3, -0.25) is 0 Å². The summed E-state index contributed by atoms with van der Waals surface area (Å²) in [5.74, 6) is -0.347. The molecule has 0 fully saturated rings. The summed E-state index contributed by atoms with van der Waals surface area (Å²) in [4.78, 5) is 11.3. The van der Waals surface area contributed by atoms with Crippen LogP contribution in [0.25, 0.3) is 10.8 Å². The third-order valence-corrected chi connectivity index (χ3v) is 2.34. The highest BCUT2D eigenvalue weighted by molar-refractivity contribution is 5.99. The number of esters is 1. The Balaban J connectivity index is 2.64. The monoisotopic (exact) mass is 201 g/mol. The topological polar surface area (TPSA) is 52.3 Å². The van der Waals surface area contributed by atoms with Crippen molar-refractivity contribution in [1.82, 2.24) is 0 Å². The summed E-state index contributed by atoms with van der Waals surface area (Å²) >= 11 is 0. The fraction of sp³-hybridized carbons (Fsp3) is 0.0833. The average molecular weight is 201 g/mol. The summed E-state index contributed by atoms with van der Waals surface area (Å²) in [6, 6.07) is 11.0. The lowest BCUT2D eigenvalue weighted by Gasteiger charge is -2.04. The molecule has 0 spiro atoms. The first kappa shape index (κ1) is 9.52. The summed E-state index contributed by atoms with van der Waals surface area (Å²) in [6.07, 6.45) is 0. The second-order valence-electron chi connectivity index (χ2n) is 3.27. The van der Waals surface area contributed by atoms with E-state index in [9.17, 15) is 4.79 Å². The Morgan fingerprint density at radius 3 is 2.80 bits per heavy atom. The fourth-order valence-corrected chi connectivity index (χ4v) is 1.54. The van der Waals surface area contributed by atoms with Crippen LogP contribution in [-0.4, -0.2) is 13.1 Å². The Kier molecular flexibility index (Phi) is 2.29. The Morgan fingerprint density at radius 1 is 1.27 bits per heavy atom. The van der Waals surface area contributed by atoms with Crippen molar-refractivity contribution >= 4 is 22.4 Å². The smallest absolute Gasteiger partial charge is 0.337 e. The van der Waals surface area contributed by atoms with Crippen molar-refractivity contribution in [3.05, 3.63) is 42.0 Å². The number of benzene rings is 2. The molecule has 0 aliphatic heterocycles. The number of hydrogen-bond acceptors (Lipinski definition) is 3. The van der Waals surface area contributed by atoms with E-state index in [0.717, 1.165) is 10.8 Å². The molecule has 0 bridgehead atoms. The molecule has 76 valence electrons. The zero-order valence-corrected chi connectivity index (χ0v) is 8.36. The van der Waals surface area contributed by atoms with Gasteiger partial charge in [0.25, 0.3) is 0 Å². The van der Waals surface area contributed by atoms with E-state index in [2.05, 4.69) is 4.74 Å². The van der Waals surface area contributed by atoms with E-state index in [1.165, 1.54) is 7.11 Å². The zero-order chi connectivity index (χ0) is 10.8. The number of methoxy groups -OCH3 is 1. The SMILES string of the molecule is COC(=O)c1ccc2cccc(N)c2c1. The van der Waals surface area contributed by atoms with Crippen molar-refractivity contribution in [3.8, 4) is 0 Å². The van der Waals surface area contributed by atoms with Gasteiger partial charge in [0.2, 0.25) is 0 Å². The van der Waals surface area contributed by atoms with E-state index < -0.39 is 0 Å². The van der Waals surface area contributed by atoms with E-state index in [4.69, 9.17) is 5.73 Å². The van der Waals surface area contributed by atoms with Crippen LogP contribution in [0.4, 0.5) is 5.69 Å². The largest absolute Gasteiger partial charge is 0.465 e. The standard InChI is InChI=1S/C12H11NO2/c1-15-12(14)9-6-5-8-3-2-4-11(13)10(8)7-9/h2-7H,13H2,1H3. The summed E-state index contributed by atoms with van der Waals surface area (Å²) in [6.45, 7) is 0. The van der Waals surface area contributed by atoms with E-state index in [1.54, 1.807) is 12.1 Å². The second-order valence-corrected chi connectivity index (χ2v) is 3.27. The quantitative estimate of drug-likeness (QED) is 0.568. The molecule has 0 amide bonds. The number of nitrogen functional groups attached to an aromatic ring is 1. The van der Waals surface area contributed by atoms with Gasteiger partial charge in [-0.2, -0.15) is 0 Å². The third-order valence-electron chi connectivity index (χ3n) is 2.34. The number of anilines is 1. The lowest BCUT2D eigenvalue weighted by Crippen LogP contribution is -2.00. The Hall–Kier alpha value is -2.03. The highest BCUT2D eigenvalue weighted by atomic mass is 16.5. The first-order valence-electron chi connectivity index (χ1n) is 4.59. The number of carbonyl (C=O) groups excluding carboxylic acids is 1. The lowest BCUT2D eigenvalue weighted by atomic mass is 10.1. The molecule has 15 heavy (non-hydrogen) atoms. The maximum atomic E-state index is 11.3. The second kappa shape index (κ2) is 3.61. The van der Waals surface area contributed by atoms with Crippen LogP contribution in [0.5, 0.6) is 0 Å². The van der Waals surface area contributed by atoms with Gasteiger partial charge in [-0.15, -0.1) is 0 Å². The molecule has 0 heterocycles. The minimum Gasteiger partial charge on any atom is -0.465 e. The average Bonchev–Trinajstić information content (AvgIpc) is 2.28. The fourth-order valence-electron chi connectivity index (χ4n) is 1.54. The van der Waals surface area contributed by atoms with Gasteiger partial charge in [-0.1, -0.05) is 18.2 Å². The molecule has 3 heteroatoms. The van der Waals surface area contributed by atoms with Gasteiger partial charge in [0, 0.05) is 11.1 Å². The highest BCUT2D eigenvalue weighted by Crippen LogP contribution is 2.22. The van der Waals surface area contributed by atoms with E-state index >= 15 is 0 Å². The molecule has 0 saturated carbocycles. The molecule has 2 aromatic carbocycles. The van der Waals surface area contributed by atoms with Gasteiger partial charge in [-0.05, 0) is 23.6 Å². The molecule has 0 saturated heterocycles. The maximum absolute atomic E-state index is 11.3. The molecule has 0 aliphatic carbocycles. The normalized spacial score (nSPS) is 10.2. The summed E-state index contributed by atoms with van der Waals surface area (Å²) in [5.41, 5.74) is 7.00. The Bertz CT molecular complexity index is 520. The number of rotatable bonds is 1. The molecule has 2 rings (SSSR count). The number of fused-ring (bicyclic) bond motifs is 1. The molecule has 0 aliphatic rings. The van der Waals surface area contributed by atoms with E-state index in [-0.39, 0.29) is 5.97 Å². The molecule has 0 radical (unpaired) electrons.